The molecule has 1 aliphatic rings. The van der Waals surface area contributed by atoms with Gasteiger partial charge in [-0.1, -0.05) is 55.3 Å². The number of carbonyl (C=O) groups excluding carboxylic acids is 1. The summed E-state index contributed by atoms with van der Waals surface area (Å²) in [4.78, 5) is 17.8. The average molecular weight is 624 g/mol. The normalized spacial score (nSPS) is 15.2. The fourth-order valence-electron chi connectivity index (χ4n) is 5.43. The molecule has 0 bridgehead atoms. The smallest absolute Gasteiger partial charge is 0.393 e. The van der Waals surface area contributed by atoms with Crippen molar-refractivity contribution in [1.82, 2.24) is 15.2 Å². The number of hydrogen-bond acceptors (Lipinski definition) is 6. The fraction of sp³-hybridized carbons (Fsp3) is 0.324. The molecule has 238 valence electrons. The van der Waals surface area contributed by atoms with Gasteiger partial charge in [-0.15, -0.1) is 0 Å². The molecule has 4 N–H and O–H groups in total. The van der Waals surface area contributed by atoms with E-state index in [0.717, 1.165) is 25.7 Å². The van der Waals surface area contributed by atoms with Crippen molar-refractivity contribution >= 4 is 28.7 Å². The number of likely N-dealkylation sites (N-methyl/N-ethyl adjacent to an activating group) is 1. The van der Waals surface area contributed by atoms with E-state index in [9.17, 15) is 22.4 Å². The highest BCUT2D eigenvalue weighted by molar-refractivity contribution is 6.02. The zero-order valence-corrected chi connectivity index (χ0v) is 25.3. The van der Waals surface area contributed by atoms with Crippen molar-refractivity contribution in [2.75, 3.05) is 33.0 Å². The number of ether oxygens (including phenoxy) is 1. The second-order valence-electron chi connectivity index (χ2n) is 11.3. The van der Waals surface area contributed by atoms with Crippen LogP contribution in [0.5, 0.6) is 5.88 Å². The molecule has 0 radical (unpaired) electrons. The molecule has 1 aromatic heterocycles. The van der Waals surface area contributed by atoms with Crippen LogP contribution in [0.25, 0.3) is 11.1 Å². The Balaban J connectivity index is 1.66. The van der Waals surface area contributed by atoms with Gasteiger partial charge in [-0.3, -0.25) is 10.2 Å². The number of alkyl halides is 3. The van der Waals surface area contributed by atoms with Crippen molar-refractivity contribution < 1.29 is 27.1 Å². The van der Waals surface area contributed by atoms with E-state index in [4.69, 9.17) is 15.9 Å². The number of aromatic nitrogens is 1. The number of nitrogen functional groups attached to an aromatic ring is 1. The second kappa shape index (κ2) is 14.5. The number of anilines is 1. The highest BCUT2D eigenvalue weighted by Gasteiger charge is 2.34. The summed E-state index contributed by atoms with van der Waals surface area (Å²) in [5.41, 5.74) is 6.46. The van der Waals surface area contributed by atoms with Gasteiger partial charge in [-0.05, 0) is 53.3 Å². The van der Waals surface area contributed by atoms with Gasteiger partial charge in [0.05, 0.1) is 17.5 Å². The van der Waals surface area contributed by atoms with E-state index in [-0.39, 0.29) is 39.4 Å². The number of allylic oxidation sites excluding steroid dienone is 1. The van der Waals surface area contributed by atoms with Crippen LogP contribution in [0.15, 0.2) is 79.0 Å². The Morgan fingerprint density at radius 3 is 2.36 bits per heavy atom. The Bertz CT molecular complexity index is 1550. The molecule has 0 spiro atoms. The van der Waals surface area contributed by atoms with Crippen LogP contribution >= 0.6 is 0 Å². The van der Waals surface area contributed by atoms with Gasteiger partial charge in [0, 0.05) is 50.2 Å². The van der Waals surface area contributed by atoms with Crippen LogP contribution < -0.4 is 15.8 Å². The monoisotopic (exact) mass is 623 g/mol. The highest BCUT2D eigenvalue weighted by atomic mass is 19.4. The second-order valence-corrected chi connectivity index (χ2v) is 11.3. The number of rotatable bonds is 12. The average Bonchev–Trinajstić information content (AvgIpc) is 3.48. The lowest BCUT2D eigenvalue weighted by Gasteiger charge is -2.29. The van der Waals surface area contributed by atoms with E-state index < -0.39 is 18.6 Å². The van der Waals surface area contributed by atoms with E-state index in [2.05, 4.69) is 10.3 Å². The number of benzene rings is 2. The predicted octanol–water partition coefficient (Wildman–Crippen LogP) is 6.80. The molecule has 0 atom stereocenters. The van der Waals surface area contributed by atoms with Crippen LogP contribution in [-0.4, -0.2) is 60.7 Å². The maximum Gasteiger partial charge on any atom is 0.393 e. The Morgan fingerprint density at radius 2 is 1.76 bits per heavy atom. The van der Waals surface area contributed by atoms with E-state index in [1.807, 2.05) is 0 Å². The molecule has 0 saturated heterocycles. The first-order valence-electron chi connectivity index (χ1n) is 14.6. The maximum absolute atomic E-state index is 14.1. The van der Waals surface area contributed by atoms with Crippen LogP contribution in [-0.2, 0) is 4.79 Å². The molecular formula is C34H37F4N5O2. The predicted molar refractivity (Wildman–Crippen MR) is 169 cm³/mol. The highest BCUT2D eigenvalue weighted by Crippen LogP contribution is 2.40. The zero-order chi connectivity index (χ0) is 32.6. The fourth-order valence-corrected chi connectivity index (χ4v) is 5.43. The minimum Gasteiger partial charge on any atom is -0.476 e. The van der Waals surface area contributed by atoms with Crippen molar-refractivity contribution in [3.8, 4) is 5.88 Å². The number of nitrogens with two attached hydrogens (primary N) is 1. The van der Waals surface area contributed by atoms with Gasteiger partial charge in [0.25, 0.3) is 0 Å². The van der Waals surface area contributed by atoms with E-state index in [0.29, 0.717) is 30.2 Å². The number of carbonyl (C=O) groups is 1. The molecule has 3 aromatic rings. The molecule has 1 aliphatic carbocycles. The molecule has 1 amide bonds. The van der Waals surface area contributed by atoms with Crippen molar-refractivity contribution in [3.63, 3.8) is 0 Å². The Kier molecular flexibility index (Phi) is 10.8. The number of nitrogens with zero attached hydrogens (tertiary/aromatic N) is 2. The van der Waals surface area contributed by atoms with Gasteiger partial charge in [0.15, 0.2) is 0 Å². The Hall–Kier alpha value is -4.51. The number of halogens is 4. The van der Waals surface area contributed by atoms with Gasteiger partial charge >= 0.3 is 6.18 Å². The van der Waals surface area contributed by atoms with Crippen LogP contribution in [0.4, 0.5) is 23.2 Å². The van der Waals surface area contributed by atoms with Crippen molar-refractivity contribution in [2.24, 2.45) is 0 Å². The van der Waals surface area contributed by atoms with E-state index >= 15 is 0 Å². The topological polar surface area (TPSA) is 104 Å². The molecule has 11 heteroatoms. The quantitative estimate of drug-likeness (QED) is 0.0677. The minimum atomic E-state index is -4.55. The summed E-state index contributed by atoms with van der Waals surface area (Å²) in [6.45, 7) is 0.811. The van der Waals surface area contributed by atoms with E-state index in [1.165, 1.54) is 35.4 Å². The molecular weight excluding hydrogens is 586 g/mol. The molecule has 0 aliphatic heterocycles. The van der Waals surface area contributed by atoms with Crippen LogP contribution in [0.1, 0.15) is 54.4 Å². The lowest BCUT2D eigenvalue weighted by molar-refractivity contribution is -0.124. The largest absolute Gasteiger partial charge is 0.476 e. The number of hydrogen-bond donors (Lipinski definition) is 3. The summed E-state index contributed by atoms with van der Waals surface area (Å²) >= 11 is 0. The standard InChI is InChI=1S/C34H37F4N5O2/c1-43(2)30(44)11-8-18-42-33(16-6-7-17-33)22-45-29-15-13-25(21-41-29)31(24-12-14-28(39)26(19-24)32(35)40)27(20-34(36,37)38)23-9-4-3-5-10-23/h3-5,8-15,19,21,40,42H,6-7,16-18,20,22,39H2,1-2H3/b11-8+,31-27-,40-32?. The summed E-state index contributed by atoms with van der Waals surface area (Å²) in [6, 6.07) is 15.6. The molecule has 1 saturated carbocycles. The lowest BCUT2D eigenvalue weighted by atomic mass is 9.87. The minimum absolute atomic E-state index is 0.00111. The third-order valence-electron chi connectivity index (χ3n) is 7.76. The SMILES string of the molecule is CN(C)C(=O)/C=C/CNC1(COc2ccc(/C(=C(/CC(F)(F)F)c3ccccc3)c3ccc(N)c(C(=N)F)c3)cn2)CCCC1. The number of amides is 1. The molecule has 4 rings (SSSR count). The van der Waals surface area contributed by atoms with Gasteiger partial charge in [-0.2, -0.15) is 17.6 Å². The third kappa shape index (κ3) is 9.01. The molecule has 1 heterocycles. The zero-order valence-electron chi connectivity index (χ0n) is 25.3. The lowest BCUT2D eigenvalue weighted by Crippen LogP contribution is -2.48. The van der Waals surface area contributed by atoms with E-state index in [1.54, 1.807) is 62.6 Å². The van der Waals surface area contributed by atoms with Gasteiger partial charge in [-0.25, -0.2) is 4.98 Å². The van der Waals surface area contributed by atoms with Crippen LogP contribution in [0.2, 0.25) is 0 Å². The summed E-state index contributed by atoms with van der Waals surface area (Å²) < 4.78 is 62.1. The number of nitrogens with one attached hydrogen (secondary N) is 2. The van der Waals surface area contributed by atoms with Crippen molar-refractivity contribution in [2.45, 2.75) is 43.8 Å². The first-order valence-corrected chi connectivity index (χ1v) is 14.6. The number of pyridine rings is 1. The molecule has 7 nitrogen and oxygen atoms in total. The summed E-state index contributed by atoms with van der Waals surface area (Å²) in [5.74, 6) is -1.10. The Morgan fingerprint density at radius 1 is 1.07 bits per heavy atom. The third-order valence-corrected chi connectivity index (χ3v) is 7.76. The molecule has 1 fully saturated rings. The molecule has 2 aromatic carbocycles. The van der Waals surface area contributed by atoms with Gasteiger partial charge in [0.2, 0.25) is 17.8 Å². The molecule has 45 heavy (non-hydrogen) atoms. The van der Waals surface area contributed by atoms with Gasteiger partial charge in [0.1, 0.15) is 6.61 Å². The van der Waals surface area contributed by atoms with Gasteiger partial charge < -0.3 is 20.7 Å². The van der Waals surface area contributed by atoms with Crippen molar-refractivity contribution in [3.05, 3.63) is 101 Å². The summed E-state index contributed by atoms with van der Waals surface area (Å²) in [5, 5.41) is 11.0. The Labute approximate surface area is 260 Å². The van der Waals surface area contributed by atoms with Crippen LogP contribution in [0.3, 0.4) is 0 Å². The maximum atomic E-state index is 14.1. The first-order chi connectivity index (χ1) is 21.4. The van der Waals surface area contributed by atoms with Crippen LogP contribution in [0, 0.1) is 5.41 Å². The summed E-state index contributed by atoms with van der Waals surface area (Å²) in [6.07, 6.45) is 2.76. The first kappa shape index (κ1) is 33.4. The van der Waals surface area contributed by atoms with Crippen molar-refractivity contribution in [1.29, 1.82) is 5.41 Å². The summed E-state index contributed by atoms with van der Waals surface area (Å²) in [7, 11) is 3.37. The molecule has 0 unspecified atom stereocenters.